The zero-order chi connectivity index (χ0) is 10.7. The number of hydrogen-bond acceptors (Lipinski definition) is 5. The maximum atomic E-state index is 5.56. The minimum Gasteiger partial charge on any atom is -0.464 e. The predicted molar refractivity (Wildman–Crippen MR) is 60.1 cm³/mol. The van der Waals surface area contributed by atoms with Crippen molar-refractivity contribution >= 4 is 16.5 Å². The summed E-state index contributed by atoms with van der Waals surface area (Å²) in [6, 6.07) is 3.99. The van der Waals surface area contributed by atoms with Crippen molar-refractivity contribution in [3.05, 3.63) is 28.7 Å². The Morgan fingerprint density at radius 2 is 2.13 bits per heavy atom. The highest BCUT2D eigenvalue weighted by Gasteiger charge is 2.02. The van der Waals surface area contributed by atoms with E-state index in [4.69, 9.17) is 4.42 Å². The van der Waals surface area contributed by atoms with E-state index in [1.165, 1.54) is 0 Å². The van der Waals surface area contributed by atoms with Gasteiger partial charge in [0.2, 0.25) is 5.13 Å². The fourth-order valence-electron chi connectivity index (χ4n) is 1.24. The topological polar surface area (TPSA) is 51.0 Å². The third kappa shape index (κ3) is 2.56. The molecule has 2 heterocycles. The highest BCUT2D eigenvalue weighted by atomic mass is 32.1. The first-order valence-corrected chi connectivity index (χ1v) is 5.71. The van der Waals surface area contributed by atoms with Crippen molar-refractivity contribution in [2.45, 2.75) is 26.8 Å². The molecule has 0 radical (unpaired) electrons. The molecule has 0 spiro atoms. The molecule has 15 heavy (non-hydrogen) atoms. The fourth-order valence-corrected chi connectivity index (χ4v) is 1.83. The molecule has 4 nitrogen and oxygen atoms in total. The summed E-state index contributed by atoms with van der Waals surface area (Å²) >= 11 is 1.54. The van der Waals surface area contributed by atoms with Gasteiger partial charge in [-0.3, -0.25) is 0 Å². The summed E-state index contributed by atoms with van der Waals surface area (Å²) in [7, 11) is 0. The van der Waals surface area contributed by atoms with E-state index in [1.807, 2.05) is 19.1 Å². The van der Waals surface area contributed by atoms with Crippen LogP contribution in [0.4, 0.5) is 5.13 Å². The number of anilines is 1. The first-order chi connectivity index (χ1) is 7.28. The monoisotopic (exact) mass is 223 g/mol. The lowest BCUT2D eigenvalue weighted by Crippen LogP contribution is -1.97. The van der Waals surface area contributed by atoms with Crippen molar-refractivity contribution in [1.29, 1.82) is 0 Å². The first-order valence-electron chi connectivity index (χ1n) is 4.89. The zero-order valence-electron chi connectivity index (χ0n) is 8.78. The zero-order valence-corrected chi connectivity index (χ0v) is 9.60. The normalized spacial score (nSPS) is 10.5. The molecular weight excluding hydrogens is 210 g/mol. The molecule has 0 amide bonds. The van der Waals surface area contributed by atoms with Gasteiger partial charge in [0.1, 0.15) is 16.5 Å². The second kappa shape index (κ2) is 4.44. The number of hydrogen-bond donors (Lipinski definition) is 1. The molecule has 0 unspecified atom stereocenters. The Morgan fingerprint density at radius 1 is 1.33 bits per heavy atom. The fraction of sp³-hybridized carbons (Fsp3) is 0.400. The van der Waals surface area contributed by atoms with Gasteiger partial charge in [-0.1, -0.05) is 18.3 Å². The Bertz CT molecular complexity index is 435. The summed E-state index contributed by atoms with van der Waals surface area (Å²) in [5, 5.41) is 12.9. The van der Waals surface area contributed by atoms with E-state index in [0.29, 0.717) is 6.54 Å². The summed E-state index contributed by atoms with van der Waals surface area (Å²) in [6.07, 6.45) is 0.928. The second-order valence-electron chi connectivity index (χ2n) is 3.20. The van der Waals surface area contributed by atoms with Crippen molar-refractivity contribution in [2.24, 2.45) is 0 Å². The highest BCUT2D eigenvalue weighted by Crippen LogP contribution is 2.15. The number of nitrogens with zero attached hydrogens (tertiary/aromatic N) is 2. The third-order valence-corrected chi connectivity index (χ3v) is 2.80. The van der Waals surface area contributed by atoms with Crippen molar-refractivity contribution < 1.29 is 4.42 Å². The maximum absolute atomic E-state index is 5.56. The molecule has 0 atom stereocenters. The standard InChI is InChI=1S/C10H13N3OS/c1-3-8-4-5-9(14-8)6-11-10-13-12-7(2)15-10/h4-5H,3,6H2,1-2H3,(H,11,13). The van der Waals surface area contributed by atoms with E-state index in [0.717, 1.165) is 28.1 Å². The van der Waals surface area contributed by atoms with Gasteiger partial charge in [-0.2, -0.15) is 0 Å². The summed E-state index contributed by atoms with van der Waals surface area (Å²) < 4.78 is 5.56. The van der Waals surface area contributed by atoms with Gasteiger partial charge in [0, 0.05) is 6.42 Å². The third-order valence-electron chi connectivity index (χ3n) is 2.01. The number of aryl methyl sites for hydroxylation is 2. The molecule has 2 rings (SSSR count). The van der Waals surface area contributed by atoms with Gasteiger partial charge in [-0.05, 0) is 19.1 Å². The molecule has 0 saturated heterocycles. The Balaban J connectivity index is 1.93. The molecular formula is C10H13N3OS. The molecule has 0 aliphatic heterocycles. The molecule has 0 saturated carbocycles. The average molecular weight is 223 g/mol. The summed E-state index contributed by atoms with van der Waals surface area (Å²) in [5.41, 5.74) is 0. The number of rotatable bonds is 4. The minimum atomic E-state index is 0.661. The predicted octanol–water partition coefficient (Wildman–Crippen LogP) is 2.61. The lowest BCUT2D eigenvalue weighted by molar-refractivity contribution is 0.476. The summed E-state index contributed by atoms with van der Waals surface area (Å²) in [5.74, 6) is 1.94. The van der Waals surface area contributed by atoms with Crippen LogP contribution in [0.5, 0.6) is 0 Å². The van der Waals surface area contributed by atoms with Crippen molar-refractivity contribution in [2.75, 3.05) is 5.32 Å². The molecule has 0 aliphatic carbocycles. The average Bonchev–Trinajstić information content (AvgIpc) is 2.83. The van der Waals surface area contributed by atoms with Crippen LogP contribution < -0.4 is 5.32 Å². The molecule has 0 aliphatic rings. The van der Waals surface area contributed by atoms with E-state index in [2.05, 4.69) is 22.4 Å². The van der Waals surface area contributed by atoms with Crippen molar-refractivity contribution in [1.82, 2.24) is 10.2 Å². The van der Waals surface area contributed by atoms with Crippen LogP contribution in [0.25, 0.3) is 0 Å². The van der Waals surface area contributed by atoms with E-state index >= 15 is 0 Å². The largest absolute Gasteiger partial charge is 0.464 e. The van der Waals surface area contributed by atoms with Gasteiger partial charge < -0.3 is 9.73 Å². The van der Waals surface area contributed by atoms with Gasteiger partial charge >= 0.3 is 0 Å². The molecule has 5 heteroatoms. The molecule has 2 aromatic rings. The van der Waals surface area contributed by atoms with Gasteiger partial charge in [0.25, 0.3) is 0 Å². The summed E-state index contributed by atoms with van der Waals surface area (Å²) in [4.78, 5) is 0. The second-order valence-corrected chi connectivity index (χ2v) is 4.38. The number of nitrogens with one attached hydrogen (secondary N) is 1. The molecule has 1 N–H and O–H groups in total. The number of aromatic nitrogens is 2. The van der Waals surface area contributed by atoms with Crippen LogP contribution in [0.2, 0.25) is 0 Å². The quantitative estimate of drug-likeness (QED) is 0.865. The first kappa shape index (κ1) is 10.2. The summed E-state index contributed by atoms with van der Waals surface area (Å²) in [6.45, 7) is 4.67. The van der Waals surface area contributed by atoms with E-state index in [1.54, 1.807) is 11.3 Å². The van der Waals surface area contributed by atoms with Crippen LogP contribution in [0.1, 0.15) is 23.5 Å². The van der Waals surface area contributed by atoms with Gasteiger partial charge in [0.05, 0.1) is 6.54 Å². The SMILES string of the molecule is CCc1ccc(CNc2nnc(C)s2)o1. The molecule has 0 bridgehead atoms. The Hall–Kier alpha value is -1.36. The van der Waals surface area contributed by atoms with Crippen molar-refractivity contribution in [3.8, 4) is 0 Å². The van der Waals surface area contributed by atoms with Crippen LogP contribution in [0.15, 0.2) is 16.5 Å². The number of furan rings is 1. The van der Waals surface area contributed by atoms with Crippen LogP contribution in [0.3, 0.4) is 0 Å². The molecule has 80 valence electrons. The van der Waals surface area contributed by atoms with E-state index in [9.17, 15) is 0 Å². The maximum Gasteiger partial charge on any atom is 0.206 e. The Kier molecular flexibility index (Phi) is 3.01. The molecule has 0 fully saturated rings. The Morgan fingerprint density at radius 3 is 2.73 bits per heavy atom. The highest BCUT2D eigenvalue weighted by molar-refractivity contribution is 7.15. The van der Waals surface area contributed by atoms with E-state index in [-0.39, 0.29) is 0 Å². The lowest BCUT2D eigenvalue weighted by atomic mass is 10.3. The Labute approximate surface area is 92.3 Å². The van der Waals surface area contributed by atoms with Gasteiger partial charge in [0.15, 0.2) is 0 Å². The molecule has 0 aromatic carbocycles. The van der Waals surface area contributed by atoms with Gasteiger partial charge in [-0.25, -0.2) is 0 Å². The minimum absolute atomic E-state index is 0.661. The van der Waals surface area contributed by atoms with Crippen LogP contribution >= 0.6 is 11.3 Å². The van der Waals surface area contributed by atoms with Crippen LogP contribution in [-0.2, 0) is 13.0 Å². The lowest BCUT2D eigenvalue weighted by Gasteiger charge is -1.97. The smallest absolute Gasteiger partial charge is 0.206 e. The molecule has 2 aromatic heterocycles. The van der Waals surface area contributed by atoms with E-state index < -0.39 is 0 Å². The van der Waals surface area contributed by atoms with Crippen LogP contribution in [0, 0.1) is 6.92 Å². The van der Waals surface area contributed by atoms with Crippen molar-refractivity contribution in [3.63, 3.8) is 0 Å². The van der Waals surface area contributed by atoms with Crippen LogP contribution in [-0.4, -0.2) is 10.2 Å². The van der Waals surface area contributed by atoms with Gasteiger partial charge in [-0.15, -0.1) is 10.2 Å².